The molecular weight excluding hydrogens is 309 g/mol. The molecule has 7 heteroatoms. The molecule has 4 nitrogen and oxygen atoms in total. The number of rotatable bonds is 4. The van der Waals surface area contributed by atoms with Crippen LogP contribution in [0, 0.1) is 5.92 Å². The third-order valence-electron chi connectivity index (χ3n) is 2.83. The summed E-state index contributed by atoms with van der Waals surface area (Å²) in [6.45, 7) is 0.579. The van der Waals surface area contributed by atoms with E-state index >= 15 is 0 Å². The lowest BCUT2D eigenvalue weighted by molar-refractivity contribution is -0.151. The summed E-state index contributed by atoms with van der Waals surface area (Å²) in [7, 11) is 0. The van der Waals surface area contributed by atoms with E-state index < -0.39 is 11.9 Å². The molecule has 1 N–H and O–H groups in total. The second-order valence-electron chi connectivity index (χ2n) is 4.20. The van der Waals surface area contributed by atoms with Crippen molar-refractivity contribution in [3.8, 4) is 0 Å². The Bertz CT molecular complexity index is 518. The number of carbonyl (C=O) groups is 2. The van der Waals surface area contributed by atoms with E-state index in [0.717, 1.165) is 4.90 Å². The van der Waals surface area contributed by atoms with Crippen LogP contribution >= 0.6 is 35.0 Å². The summed E-state index contributed by atoms with van der Waals surface area (Å²) >= 11 is 13.1. The molecule has 19 heavy (non-hydrogen) atoms. The number of nitrogens with zero attached hydrogens (tertiary/aromatic N) is 1. The Kier molecular flexibility index (Phi) is 4.60. The van der Waals surface area contributed by atoms with Crippen molar-refractivity contribution in [3.63, 3.8) is 0 Å². The molecule has 0 saturated carbocycles. The van der Waals surface area contributed by atoms with Crippen LogP contribution in [-0.4, -0.2) is 40.7 Å². The first-order chi connectivity index (χ1) is 8.97. The highest BCUT2D eigenvalue weighted by Crippen LogP contribution is 2.30. The number of thioether (sulfide) groups is 1. The monoisotopic (exact) mass is 319 g/mol. The van der Waals surface area contributed by atoms with Crippen molar-refractivity contribution >= 4 is 46.8 Å². The maximum atomic E-state index is 11.8. The summed E-state index contributed by atoms with van der Waals surface area (Å²) in [4.78, 5) is 24.7. The molecule has 1 aliphatic heterocycles. The van der Waals surface area contributed by atoms with Crippen LogP contribution in [0.25, 0.3) is 0 Å². The van der Waals surface area contributed by atoms with E-state index in [4.69, 9.17) is 28.3 Å². The van der Waals surface area contributed by atoms with Gasteiger partial charge in [-0.2, -0.15) is 0 Å². The molecule has 0 radical (unpaired) electrons. The number of benzene rings is 1. The van der Waals surface area contributed by atoms with Gasteiger partial charge in [-0.15, -0.1) is 11.8 Å². The average Bonchev–Trinajstić information content (AvgIpc) is 2.28. The van der Waals surface area contributed by atoms with Crippen LogP contribution in [0.3, 0.4) is 0 Å². The smallest absolute Gasteiger partial charge is 0.310 e. The molecule has 0 aliphatic carbocycles. The predicted octanol–water partition coefficient (Wildman–Crippen LogP) is 2.63. The molecule has 102 valence electrons. The van der Waals surface area contributed by atoms with Crippen LogP contribution < -0.4 is 0 Å². The van der Waals surface area contributed by atoms with E-state index in [0.29, 0.717) is 10.0 Å². The molecule has 1 fully saturated rings. The fourth-order valence-electron chi connectivity index (χ4n) is 1.66. The van der Waals surface area contributed by atoms with Crippen molar-refractivity contribution < 1.29 is 14.7 Å². The zero-order valence-corrected chi connectivity index (χ0v) is 12.1. The van der Waals surface area contributed by atoms with Crippen molar-refractivity contribution in [1.82, 2.24) is 4.90 Å². The second kappa shape index (κ2) is 6.03. The molecule has 1 aromatic rings. The van der Waals surface area contributed by atoms with Crippen molar-refractivity contribution in [3.05, 3.63) is 28.2 Å². The Morgan fingerprint density at radius 2 is 2.05 bits per heavy atom. The van der Waals surface area contributed by atoms with Gasteiger partial charge in [0.05, 0.1) is 16.7 Å². The minimum Gasteiger partial charge on any atom is -0.481 e. The Labute approximate surface area is 124 Å². The van der Waals surface area contributed by atoms with E-state index in [2.05, 4.69) is 0 Å². The number of halogens is 2. The standard InChI is InChI=1S/C12H11Cl2NO3S/c13-8-1-2-9(14)10(3-8)19-6-11(16)15-4-7(5-15)12(17)18/h1-3,7H,4-6H2,(H,17,18). The maximum absolute atomic E-state index is 11.8. The lowest BCUT2D eigenvalue weighted by Gasteiger charge is -2.36. The minimum atomic E-state index is -0.852. The molecule has 0 spiro atoms. The number of amides is 1. The van der Waals surface area contributed by atoms with Crippen molar-refractivity contribution in [2.75, 3.05) is 18.8 Å². The topological polar surface area (TPSA) is 57.6 Å². The van der Waals surface area contributed by atoms with Crippen molar-refractivity contribution in [1.29, 1.82) is 0 Å². The zero-order chi connectivity index (χ0) is 14.0. The second-order valence-corrected chi connectivity index (χ2v) is 6.06. The van der Waals surface area contributed by atoms with Crippen LogP contribution in [0.4, 0.5) is 0 Å². The lowest BCUT2D eigenvalue weighted by atomic mass is 10.0. The number of carbonyl (C=O) groups excluding carboxylic acids is 1. The largest absolute Gasteiger partial charge is 0.481 e. The SMILES string of the molecule is O=C(O)C1CN(C(=O)CSc2cc(Cl)ccc2Cl)C1. The number of likely N-dealkylation sites (tertiary alicyclic amines) is 1. The summed E-state index contributed by atoms with van der Waals surface area (Å²) in [6, 6.07) is 5.07. The summed E-state index contributed by atoms with van der Waals surface area (Å²) < 4.78 is 0. The number of hydrogen-bond donors (Lipinski definition) is 1. The van der Waals surface area contributed by atoms with Gasteiger partial charge >= 0.3 is 5.97 Å². The van der Waals surface area contributed by atoms with E-state index in [1.165, 1.54) is 16.7 Å². The van der Waals surface area contributed by atoms with Gasteiger partial charge in [0.2, 0.25) is 5.91 Å². The fourth-order valence-corrected chi connectivity index (χ4v) is 3.05. The zero-order valence-electron chi connectivity index (χ0n) is 9.81. The Morgan fingerprint density at radius 1 is 1.37 bits per heavy atom. The summed E-state index contributed by atoms with van der Waals surface area (Å²) in [5, 5.41) is 9.85. The highest BCUT2D eigenvalue weighted by Gasteiger charge is 2.35. The first-order valence-corrected chi connectivity index (χ1v) is 7.30. The fraction of sp³-hybridized carbons (Fsp3) is 0.333. The van der Waals surface area contributed by atoms with Gasteiger partial charge in [0, 0.05) is 23.0 Å². The van der Waals surface area contributed by atoms with Gasteiger partial charge in [0.15, 0.2) is 0 Å². The highest BCUT2D eigenvalue weighted by molar-refractivity contribution is 8.00. The number of carboxylic acids is 1. The Morgan fingerprint density at radius 3 is 2.68 bits per heavy atom. The molecule has 1 aliphatic rings. The Balaban J connectivity index is 1.84. The van der Waals surface area contributed by atoms with E-state index in [1.54, 1.807) is 18.2 Å². The molecule has 1 saturated heterocycles. The highest BCUT2D eigenvalue weighted by atomic mass is 35.5. The minimum absolute atomic E-state index is 0.0847. The molecular formula is C12H11Cl2NO3S. The van der Waals surface area contributed by atoms with Gasteiger partial charge in [0.25, 0.3) is 0 Å². The number of hydrogen-bond acceptors (Lipinski definition) is 3. The van der Waals surface area contributed by atoms with Gasteiger partial charge in [-0.1, -0.05) is 23.2 Å². The van der Waals surface area contributed by atoms with Crippen LogP contribution in [0.15, 0.2) is 23.1 Å². The molecule has 0 atom stereocenters. The third kappa shape index (κ3) is 3.55. The molecule has 1 heterocycles. The van der Waals surface area contributed by atoms with E-state index in [-0.39, 0.29) is 24.7 Å². The summed E-state index contributed by atoms with van der Waals surface area (Å²) in [6.07, 6.45) is 0. The molecule has 1 amide bonds. The quantitative estimate of drug-likeness (QED) is 0.867. The molecule has 0 unspecified atom stereocenters. The van der Waals surface area contributed by atoms with E-state index in [1.807, 2.05) is 0 Å². The molecule has 1 aromatic carbocycles. The van der Waals surface area contributed by atoms with Gasteiger partial charge in [-0.3, -0.25) is 9.59 Å². The van der Waals surface area contributed by atoms with E-state index in [9.17, 15) is 9.59 Å². The first kappa shape index (κ1) is 14.5. The third-order valence-corrected chi connectivity index (χ3v) is 4.54. The molecule has 0 bridgehead atoms. The predicted molar refractivity (Wildman–Crippen MR) is 74.9 cm³/mol. The van der Waals surface area contributed by atoms with Gasteiger partial charge in [-0.25, -0.2) is 0 Å². The van der Waals surface area contributed by atoms with Crippen LogP contribution in [0.1, 0.15) is 0 Å². The van der Waals surface area contributed by atoms with Gasteiger partial charge < -0.3 is 10.0 Å². The average molecular weight is 320 g/mol. The Hall–Kier alpha value is -0.910. The van der Waals surface area contributed by atoms with Crippen LogP contribution in [-0.2, 0) is 9.59 Å². The van der Waals surface area contributed by atoms with Crippen molar-refractivity contribution in [2.24, 2.45) is 5.92 Å². The van der Waals surface area contributed by atoms with Gasteiger partial charge in [-0.05, 0) is 18.2 Å². The van der Waals surface area contributed by atoms with Crippen LogP contribution in [0.5, 0.6) is 0 Å². The first-order valence-electron chi connectivity index (χ1n) is 5.56. The maximum Gasteiger partial charge on any atom is 0.310 e. The number of carboxylic acid groups (broad SMARTS) is 1. The normalized spacial score (nSPS) is 15.2. The summed E-state index contributed by atoms with van der Waals surface area (Å²) in [5.41, 5.74) is 0. The summed E-state index contributed by atoms with van der Waals surface area (Å²) in [5.74, 6) is -1.14. The molecule has 0 aromatic heterocycles. The van der Waals surface area contributed by atoms with Gasteiger partial charge in [0.1, 0.15) is 0 Å². The lowest BCUT2D eigenvalue weighted by Crippen LogP contribution is -2.53. The van der Waals surface area contributed by atoms with Crippen LogP contribution in [0.2, 0.25) is 10.0 Å². The van der Waals surface area contributed by atoms with Crippen molar-refractivity contribution in [2.45, 2.75) is 4.90 Å². The molecule has 2 rings (SSSR count). The number of aliphatic carboxylic acids is 1.